The van der Waals surface area contributed by atoms with Crippen molar-refractivity contribution in [2.45, 2.75) is 36.6 Å². The van der Waals surface area contributed by atoms with Crippen molar-refractivity contribution in [1.29, 1.82) is 0 Å². The SMILES string of the molecule is C[CH2][Sn]([CH3])[c]1cc(C)c(Oc2nc(Cc3ccc(Cl)cc3)ns2)cc1C. The monoisotopic (exact) mass is 493 g/mol. The first-order valence-corrected chi connectivity index (χ1v) is 16.1. The molecule has 3 nitrogen and oxygen atoms in total. The molecule has 0 aliphatic rings. The van der Waals surface area contributed by atoms with E-state index in [1.54, 1.807) is 3.58 Å². The molecular formula is C20H22ClN2OSSn. The molecule has 0 spiro atoms. The second-order valence-electron chi connectivity index (χ2n) is 6.45. The summed E-state index contributed by atoms with van der Waals surface area (Å²) in [6.45, 7) is 6.60. The summed E-state index contributed by atoms with van der Waals surface area (Å²) in [5.74, 6) is 1.65. The van der Waals surface area contributed by atoms with E-state index in [2.05, 4.69) is 47.2 Å². The summed E-state index contributed by atoms with van der Waals surface area (Å²) in [6, 6.07) is 12.2. The average Bonchev–Trinajstić information content (AvgIpc) is 3.06. The molecule has 3 aromatic rings. The van der Waals surface area contributed by atoms with Crippen LogP contribution < -0.4 is 8.32 Å². The van der Waals surface area contributed by atoms with E-state index < -0.39 is 19.8 Å². The van der Waals surface area contributed by atoms with Gasteiger partial charge in [-0.25, -0.2) is 0 Å². The zero-order valence-corrected chi connectivity index (χ0v) is 19.9. The second-order valence-corrected chi connectivity index (χ2v) is 15.6. The summed E-state index contributed by atoms with van der Waals surface area (Å²) in [5.41, 5.74) is 3.65. The average molecular weight is 493 g/mol. The van der Waals surface area contributed by atoms with Crippen LogP contribution in [0.15, 0.2) is 36.4 Å². The number of aromatic nitrogens is 2. The van der Waals surface area contributed by atoms with E-state index in [-0.39, 0.29) is 0 Å². The van der Waals surface area contributed by atoms with E-state index in [1.165, 1.54) is 27.1 Å². The first-order valence-electron chi connectivity index (χ1n) is 8.65. The summed E-state index contributed by atoms with van der Waals surface area (Å²) in [5, 5.41) is 1.33. The molecule has 0 unspecified atom stereocenters. The molecule has 1 heterocycles. The molecule has 0 amide bonds. The molecule has 0 aliphatic heterocycles. The van der Waals surface area contributed by atoms with Crippen LogP contribution >= 0.6 is 23.1 Å². The van der Waals surface area contributed by atoms with Crippen molar-refractivity contribution >= 4 is 46.5 Å². The summed E-state index contributed by atoms with van der Waals surface area (Å²) >= 11 is 5.81. The molecule has 3 rings (SSSR count). The molecule has 0 saturated heterocycles. The maximum atomic E-state index is 6.04. The number of benzene rings is 2. The van der Waals surface area contributed by atoms with Gasteiger partial charge in [0.2, 0.25) is 0 Å². The molecule has 0 fully saturated rings. The number of aryl methyl sites for hydroxylation is 2. The molecule has 0 atom stereocenters. The fourth-order valence-electron chi connectivity index (χ4n) is 2.78. The third kappa shape index (κ3) is 4.78. The van der Waals surface area contributed by atoms with Gasteiger partial charge in [-0.3, -0.25) is 0 Å². The summed E-state index contributed by atoms with van der Waals surface area (Å²) < 4.78 is 13.4. The fraction of sp³-hybridized carbons (Fsp3) is 0.300. The van der Waals surface area contributed by atoms with Gasteiger partial charge in [-0.1, -0.05) is 11.6 Å². The molecule has 0 saturated carbocycles. The topological polar surface area (TPSA) is 35.0 Å². The first-order chi connectivity index (χ1) is 12.5. The van der Waals surface area contributed by atoms with E-state index in [4.69, 9.17) is 16.3 Å². The van der Waals surface area contributed by atoms with Gasteiger partial charge in [0.15, 0.2) is 0 Å². The minimum absolute atomic E-state index is 0.593. The van der Waals surface area contributed by atoms with Crippen LogP contribution in [-0.4, -0.2) is 29.1 Å². The Bertz CT molecular complexity index is 895. The molecule has 0 bridgehead atoms. The van der Waals surface area contributed by atoms with Crippen LogP contribution in [0, 0.1) is 13.8 Å². The molecule has 26 heavy (non-hydrogen) atoms. The van der Waals surface area contributed by atoms with Crippen LogP contribution in [0.5, 0.6) is 10.9 Å². The number of ether oxygens (including phenoxy) is 1. The van der Waals surface area contributed by atoms with Crippen LogP contribution in [0.25, 0.3) is 0 Å². The Balaban J connectivity index is 1.74. The Kier molecular flexibility index (Phi) is 6.59. The van der Waals surface area contributed by atoms with E-state index in [0.29, 0.717) is 11.6 Å². The normalized spacial score (nSPS) is 11.2. The molecule has 2 aromatic carbocycles. The summed E-state index contributed by atoms with van der Waals surface area (Å²) in [4.78, 5) is 6.99. The molecule has 0 N–H and O–H groups in total. The number of rotatable bonds is 6. The maximum absolute atomic E-state index is 6.04. The van der Waals surface area contributed by atoms with Crippen LogP contribution in [0.2, 0.25) is 14.4 Å². The predicted molar refractivity (Wildman–Crippen MR) is 112 cm³/mol. The molecular weight excluding hydrogens is 470 g/mol. The fourth-order valence-corrected chi connectivity index (χ4v) is 8.00. The third-order valence-electron chi connectivity index (χ3n) is 4.43. The molecule has 135 valence electrons. The van der Waals surface area contributed by atoms with Crippen molar-refractivity contribution in [2.24, 2.45) is 0 Å². The third-order valence-corrected chi connectivity index (χ3v) is 12.5. The quantitative estimate of drug-likeness (QED) is 0.424. The van der Waals surface area contributed by atoms with Gasteiger partial charge in [-0.05, 0) is 0 Å². The zero-order valence-electron chi connectivity index (χ0n) is 15.5. The van der Waals surface area contributed by atoms with Crippen molar-refractivity contribution in [3.63, 3.8) is 0 Å². The predicted octanol–water partition coefficient (Wildman–Crippen LogP) is 5.54. The van der Waals surface area contributed by atoms with Crippen molar-refractivity contribution in [3.8, 4) is 10.9 Å². The van der Waals surface area contributed by atoms with Gasteiger partial charge in [0.25, 0.3) is 0 Å². The van der Waals surface area contributed by atoms with Crippen molar-refractivity contribution in [2.75, 3.05) is 0 Å². The van der Waals surface area contributed by atoms with Crippen LogP contribution in [0.3, 0.4) is 0 Å². The number of hydrogen-bond acceptors (Lipinski definition) is 4. The Morgan fingerprint density at radius 3 is 2.54 bits per heavy atom. The Morgan fingerprint density at radius 2 is 1.85 bits per heavy atom. The Morgan fingerprint density at radius 1 is 1.12 bits per heavy atom. The van der Waals surface area contributed by atoms with Crippen molar-refractivity contribution in [1.82, 2.24) is 9.36 Å². The number of hydrogen-bond donors (Lipinski definition) is 0. The molecule has 1 aromatic heterocycles. The Hall–Kier alpha value is -1.11. The molecule has 6 heteroatoms. The Labute approximate surface area is 171 Å². The number of nitrogens with zero attached hydrogens (tertiary/aromatic N) is 2. The van der Waals surface area contributed by atoms with E-state index >= 15 is 0 Å². The first kappa shape index (κ1) is 19.6. The van der Waals surface area contributed by atoms with Crippen LogP contribution in [0.1, 0.15) is 29.4 Å². The molecule has 1 radical (unpaired) electrons. The summed E-state index contributed by atoms with van der Waals surface area (Å²) in [7, 11) is 0. The van der Waals surface area contributed by atoms with Gasteiger partial charge < -0.3 is 0 Å². The van der Waals surface area contributed by atoms with Gasteiger partial charge in [0.1, 0.15) is 0 Å². The summed E-state index contributed by atoms with van der Waals surface area (Å²) in [6.07, 6.45) is 0.677. The van der Waals surface area contributed by atoms with Crippen molar-refractivity contribution < 1.29 is 4.74 Å². The number of halogens is 1. The van der Waals surface area contributed by atoms with Crippen LogP contribution in [0.4, 0.5) is 0 Å². The van der Waals surface area contributed by atoms with Gasteiger partial charge in [-0.15, -0.1) is 0 Å². The van der Waals surface area contributed by atoms with Gasteiger partial charge >= 0.3 is 155 Å². The van der Waals surface area contributed by atoms with Gasteiger partial charge in [0.05, 0.1) is 0 Å². The van der Waals surface area contributed by atoms with E-state index in [0.717, 1.165) is 22.2 Å². The van der Waals surface area contributed by atoms with Gasteiger partial charge in [0, 0.05) is 5.02 Å². The van der Waals surface area contributed by atoms with Crippen LogP contribution in [-0.2, 0) is 6.42 Å². The van der Waals surface area contributed by atoms with Gasteiger partial charge in [-0.2, -0.15) is 0 Å². The second kappa shape index (κ2) is 8.72. The zero-order chi connectivity index (χ0) is 18.7. The molecule has 0 aliphatic carbocycles. The standard InChI is InChI=1S/C17H14ClN2OS.C2H5.CH3.Sn/c1-11-3-4-12(2)15(9-11)21-17-19-16(20-22-17)10-13-5-7-14(18)8-6-13;1-2;;/h4-9H,10H2,1-2H3;1H2,2H3;1H3;. The van der Waals surface area contributed by atoms with E-state index in [9.17, 15) is 0 Å². The van der Waals surface area contributed by atoms with Crippen molar-refractivity contribution in [3.05, 3.63) is 63.9 Å². The van der Waals surface area contributed by atoms with E-state index in [1.807, 2.05) is 24.3 Å². The minimum atomic E-state index is -1.42.